The second kappa shape index (κ2) is 11.1. The van der Waals surface area contributed by atoms with Crippen molar-refractivity contribution in [3.05, 3.63) is 11.3 Å². The van der Waals surface area contributed by atoms with E-state index >= 15 is 0 Å². The van der Waals surface area contributed by atoms with Crippen LogP contribution in [-0.2, 0) is 14.2 Å². The van der Waals surface area contributed by atoms with E-state index in [4.69, 9.17) is 25.8 Å². The van der Waals surface area contributed by atoms with Crippen LogP contribution in [0.5, 0.6) is 0 Å². The molecule has 0 aliphatic heterocycles. The fourth-order valence-electron chi connectivity index (χ4n) is 1.25. The highest BCUT2D eigenvalue weighted by atomic mass is 35.5. The van der Waals surface area contributed by atoms with Crippen molar-refractivity contribution in [1.29, 1.82) is 0 Å². The molecule has 0 spiro atoms. The van der Waals surface area contributed by atoms with Gasteiger partial charge in [0.2, 0.25) is 0 Å². The third-order valence-corrected chi connectivity index (χ3v) is 3.95. The molecule has 0 unspecified atom stereocenters. The standard InChI is InChI=1S/C11H23ClO3Si/c1-4-13-10(14-5-2)11(15-6-3)16-9-7-8-12/h4-9,16H2,1-3H3. The first kappa shape index (κ1) is 15.6. The van der Waals surface area contributed by atoms with Gasteiger partial charge in [0, 0.05) is 5.88 Å². The minimum atomic E-state index is -0.462. The van der Waals surface area contributed by atoms with Crippen molar-refractivity contribution in [2.75, 3.05) is 25.7 Å². The summed E-state index contributed by atoms with van der Waals surface area (Å²) in [6.07, 6.45) is 1.04. The van der Waals surface area contributed by atoms with Crippen LogP contribution >= 0.6 is 11.6 Å². The van der Waals surface area contributed by atoms with Gasteiger partial charge < -0.3 is 14.2 Å². The van der Waals surface area contributed by atoms with E-state index < -0.39 is 9.52 Å². The summed E-state index contributed by atoms with van der Waals surface area (Å²) in [4.78, 5) is 0. The molecule has 3 nitrogen and oxygen atoms in total. The van der Waals surface area contributed by atoms with E-state index in [-0.39, 0.29) is 0 Å². The molecule has 0 N–H and O–H groups in total. The zero-order chi connectivity index (χ0) is 12.2. The largest absolute Gasteiger partial charge is 0.497 e. The van der Waals surface area contributed by atoms with Crippen molar-refractivity contribution < 1.29 is 14.2 Å². The summed E-state index contributed by atoms with van der Waals surface area (Å²) in [6, 6.07) is 1.13. The highest BCUT2D eigenvalue weighted by Gasteiger charge is 2.10. The van der Waals surface area contributed by atoms with Crippen molar-refractivity contribution >= 4 is 21.1 Å². The Balaban J connectivity index is 4.41. The fraction of sp³-hybridized carbons (Fsp3) is 0.818. The lowest BCUT2D eigenvalue weighted by atomic mass is 10.6. The van der Waals surface area contributed by atoms with Gasteiger partial charge in [0.15, 0.2) is 0 Å². The summed E-state index contributed by atoms with van der Waals surface area (Å²) in [5.74, 6) is 1.30. The topological polar surface area (TPSA) is 27.7 Å². The predicted octanol–water partition coefficient (Wildman–Crippen LogP) is 2.44. The summed E-state index contributed by atoms with van der Waals surface area (Å²) in [7, 11) is -0.462. The van der Waals surface area contributed by atoms with Crippen LogP contribution in [0.25, 0.3) is 0 Å². The van der Waals surface area contributed by atoms with Crippen LogP contribution in [0.15, 0.2) is 11.3 Å². The van der Waals surface area contributed by atoms with Gasteiger partial charge in [-0.3, -0.25) is 0 Å². The second-order valence-electron chi connectivity index (χ2n) is 3.16. The van der Waals surface area contributed by atoms with Crippen molar-refractivity contribution in [1.82, 2.24) is 0 Å². The van der Waals surface area contributed by atoms with Crippen LogP contribution in [-0.4, -0.2) is 35.2 Å². The van der Waals surface area contributed by atoms with Gasteiger partial charge in [0.05, 0.1) is 19.8 Å². The van der Waals surface area contributed by atoms with Crippen molar-refractivity contribution in [3.63, 3.8) is 0 Å². The Hall–Kier alpha value is -0.353. The van der Waals surface area contributed by atoms with Gasteiger partial charge in [-0.15, -0.1) is 11.6 Å². The third kappa shape index (κ3) is 7.01. The molecule has 0 heterocycles. The van der Waals surface area contributed by atoms with E-state index in [0.717, 1.165) is 17.8 Å². The van der Waals surface area contributed by atoms with E-state index in [9.17, 15) is 0 Å². The average Bonchev–Trinajstić information content (AvgIpc) is 2.28. The van der Waals surface area contributed by atoms with Gasteiger partial charge in [-0.05, 0) is 27.2 Å². The molecule has 5 heteroatoms. The van der Waals surface area contributed by atoms with Gasteiger partial charge in [-0.25, -0.2) is 0 Å². The van der Waals surface area contributed by atoms with Crippen LogP contribution in [0.1, 0.15) is 27.2 Å². The number of halogens is 1. The fourth-order valence-corrected chi connectivity index (χ4v) is 3.34. The molecular formula is C11H23ClO3Si. The van der Waals surface area contributed by atoms with Crippen molar-refractivity contribution in [2.24, 2.45) is 0 Å². The number of hydrogen-bond donors (Lipinski definition) is 0. The molecule has 0 bridgehead atoms. The minimum absolute atomic E-state index is 0.462. The maximum absolute atomic E-state index is 5.67. The van der Waals surface area contributed by atoms with E-state index in [1.807, 2.05) is 20.8 Å². The van der Waals surface area contributed by atoms with E-state index in [2.05, 4.69) is 0 Å². The minimum Gasteiger partial charge on any atom is -0.497 e. The molecule has 0 aromatic heterocycles. The SMILES string of the molecule is CCOC(OCC)=C(OCC)[SiH2]CCCCl. The molecule has 96 valence electrons. The second-order valence-corrected chi connectivity index (χ2v) is 5.38. The maximum atomic E-state index is 5.67. The highest BCUT2D eigenvalue weighted by Crippen LogP contribution is 2.11. The molecule has 0 saturated carbocycles. The Bertz CT molecular complexity index is 190. The Labute approximate surface area is 106 Å². The Kier molecular flexibility index (Phi) is 10.9. The predicted molar refractivity (Wildman–Crippen MR) is 70.6 cm³/mol. The molecule has 0 fully saturated rings. The lowest BCUT2D eigenvalue weighted by molar-refractivity contribution is 0.0284. The van der Waals surface area contributed by atoms with E-state index in [0.29, 0.717) is 31.6 Å². The van der Waals surface area contributed by atoms with Crippen LogP contribution < -0.4 is 0 Å². The van der Waals surface area contributed by atoms with Crippen LogP contribution in [0.4, 0.5) is 0 Å². The number of rotatable bonds is 10. The Morgan fingerprint density at radius 3 is 2.00 bits per heavy atom. The molecular weight excluding hydrogens is 244 g/mol. The van der Waals surface area contributed by atoms with Gasteiger partial charge in [-0.2, -0.15) is 0 Å². The average molecular weight is 267 g/mol. The van der Waals surface area contributed by atoms with Gasteiger partial charge in [0.1, 0.15) is 14.9 Å². The monoisotopic (exact) mass is 266 g/mol. The van der Waals surface area contributed by atoms with Gasteiger partial charge >= 0.3 is 5.95 Å². The summed E-state index contributed by atoms with van der Waals surface area (Å²) in [6.45, 7) is 7.75. The molecule has 0 aromatic rings. The van der Waals surface area contributed by atoms with Crippen LogP contribution in [0.2, 0.25) is 6.04 Å². The first-order valence-electron chi connectivity index (χ1n) is 5.97. The van der Waals surface area contributed by atoms with Crippen LogP contribution in [0.3, 0.4) is 0 Å². The molecule has 0 aromatic carbocycles. The summed E-state index contributed by atoms with van der Waals surface area (Å²) < 4.78 is 16.5. The summed E-state index contributed by atoms with van der Waals surface area (Å²) >= 11 is 5.67. The first-order valence-corrected chi connectivity index (χ1v) is 8.21. The summed E-state index contributed by atoms with van der Waals surface area (Å²) in [5, 5.41) is 0.941. The normalized spacial score (nSPS) is 10.5. The molecule has 0 rings (SSSR count). The molecule has 0 amide bonds. The lowest BCUT2D eigenvalue weighted by Gasteiger charge is -2.15. The molecule has 0 radical (unpaired) electrons. The van der Waals surface area contributed by atoms with E-state index in [1.54, 1.807) is 0 Å². The lowest BCUT2D eigenvalue weighted by Crippen LogP contribution is -2.10. The van der Waals surface area contributed by atoms with E-state index in [1.165, 1.54) is 0 Å². The molecule has 0 atom stereocenters. The Morgan fingerprint density at radius 1 is 1.00 bits per heavy atom. The highest BCUT2D eigenvalue weighted by molar-refractivity contribution is 6.44. The Morgan fingerprint density at radius 2 is 1.56 bits per heavy atom. The number of alkyl halides is 1. The first-order chi connectivity index (χ1) is 7.79. The summed E-state index contributed by atoms with van der Waals surface area (Å²) in [5.41, 5.74) is 0. The molecule has 0 aliphatic rings. The zero-order valence-corrected chi connectivity index (χ0v) is 12.7. The molecule has 0 saturated heterocycles. The molecule has 0 aliphatic carbocycles. The maximum Gasteiger partial charge on any atom is 0.312 e. The van der Waals surface area contributed by atoms with Crippen molar-refractivity contribution in [3.8, 4) is 0 Å². The van der Waals surface area contributed by atoms with Gasteiger partial charge in [0.25, 0.3) is 0 Å². The quantitative estimate of drug-likeness (QED) is 0.263. The van der Waals surface area contributed by atoms with Gasteiger partial charge in [-0.1, -0.05) is 6.04 Å². The number of hydrogen-bond acceptors (Lipinski definition) is 3. The zero-order valence-electron chi connectivity index (χ0n) is 10.6. The van der Waals surface area contributed by atoms with Crippen molar-refractivity contribution in [2.45, 2.75) is 33.2 Å². The smallest absolute Gasteiger partial charge is 0.312 e. The number of ether oxygens (including phenoxy) is 3. The van der Waals surface area contributed by atoms with Crippen LogP contribution in [0, 0.1) is 0 Å². The third-order valence-electron chi connectivity index (χ3n) is 1.88. The molecule has 16 heavy (non-hydrogen) atoms.